The van der Waals surface area contributed by atoms with Gasteiger partial charge >= 0.3 is 0 Å². The Morgan fingerprint density at radius 1 is 1.06 bits per heavy atom. The van der Waals surface area contributed by atoms with E-state index in [1.807, 2.05) is 0 Å². The smallest absolute Gasteiger partial charge is 0.256 e. The highest BCUT2D eigenvalue weighted by Crippen LogP contribution is 2.16. The van der Waals surface area contributed by atoms with Crippen LogP contribution in [0.25, 0.3) is 0 Å². The number of halogens is 3. The van der Waals surface area contributed by atoms with Crippen LogP contribution in [0.4, 0.5) is 13.2 Å². The highest BCUT2D eigenvalue weighted by molar-refractivity contribution is 6.26. The van der Waals surface area contributed by atoms with Crippen LogP contribution in [0.2, 0.25) is 6.04 Å². The average molecular weight is 280 g/mol. The Bertz CT molecular complexity index is 388. The van der Waals surface area contributed by atoms with Crippen LogP contribution in [0, 0.1) is 17.5 Å². The number of aryl methyl sites for hydroxylation is 1. The molecule has 0 aliphatic carbocycles. The minimum absolute atomic E-state index is 0.152. The van der Waals surface area contributed by atoms with Gasteiger partial charge in [-0.3, -0.25) is 0 Å². The van der Waals surface area contributed by atoms with E-state index in [0.29, 0.717) is 25.0 Å². The molecule has 0 aliphatic heterocycles. The van der Waals surface area contributed by atoms with E-state index in [2.05, 4.69) is 4.43 Å². The zero-order chi connectivity index (χ0) is 13.5. The molecule has 0 saturated carbocycles. The highest BCUT2D eigenvalue weighted by atomic mass is 28.2. The Morgan fingerprint density at radius 3 is 2.39 bits per heavy atom. The topological polar surface area (TPSA) is 49.7 Å². The lowest BCUT2D eigenvalue weighted by Gasteiger charge is -2.06. The number of aliphatic hydroxyl groups is 2. The first-order valence-corrected chi connectivity index (χ1v) is 7.19. The fourth-order valence-electron chi connectivity index (χ4n) is 1.54. The van der Waals surface area contributed by atoms with Gasteiger partial charge in [0, 0.05) is 6.07 Å². The summed E-state index contributed by atoms with van der Waals surface area (Å²) >= 11 is 0. The summed E-state index contributed by atoms with van der Waals surface area (Å²) < 4.78 is 43.4. The van der Waals surface area contributed by atoms with Gasteiger partial charge in [-0.2, -0.15) is 0 Å². The first-order valence-electron chi connectivity index (χ1n) is 5.62. The van der Waals surface area contributed by atoms with Gasteiger partial charge in [0.2, 0.25) is 0 Å². The van der Waals surface area contributed by atoms with Crippen molar-refractivity contribution in [1.82, 2.24) is 0 Å². The number of unbranched alkanes of at least 4 members (excludes halogenated alkanes) is 1. The Hall–Kier alpha value is -0.893. The third kappa shape index (κ3) is 5.17. The fourth-order valence-corrected chi connectivity index (χ4v) is 2.47. The lowest BCUT2D eigenvalue weighted by atomic mass is 10.1. The maximum atomic E-state index is 13.2. The van der Waals surface area contributed by atoms with Gasteiger partial charge in [-0.1, -0.05) is 6.42 Å². The van der Waals surface area contributed by atoms with E-state index in [4.69, 9.17) is 10.2 Å². The van der Waals surface area contributed by atoms with Gasteiger partial charge in [0.1, 0.15) is 5.82 Å². The summed E-state index contributed by atoms with van der Waals surface area (Å²) in [6, 6.07) is 2.13. The minimum Gasteiger partial charge on any atom is -0.379 e. The molecule has 0 spiro atoms. The lowest BCUT2D eigenvalue weighted by molar-refractivity contribution is -0.180. The normalized spacial score (nSPS) is 11.9. The highest BCUT2D eigenvalue weighted by Gasteiger charge is 2.09. The van der Waals surface area contributed by atoms with Crippen molar-refractivity contribution in [3.05, 3.63) is 35.1 Å². The number of benzene rings is 1. The third-order valence-corrected chi connectivity index (χ3v) is 3.77. The molecule has 0 radical (unpaired) electrons. The molecule has 0 saturated heterocycles. The van der Waals surface area contributed by atoms with Gasteiger partial charge in [-0.25, -0.2) is 13.2 Å². The lowest BCUT2D eigenvalue weighted by Crippen LogP contribution is -2.13. The van der Waals surface area contributed by atoms with E-state index in [1.165, 1.54) is 0 Å². The second-order valence-corrected chi connectivity index (χ2v) is 5.31. The predicted octanol–water partition coefficient (Wildman–Crippen LogP) is 1.21. The van der Waals surface area contributed by atoms with Crippen molar-refractivity contribution < 1.29 is 27.8 Å². The number of hydrogen-bond acceptors (Lipinski definition) is 3. The molecule has 0 atom stereocenters. The molecule has 0 fully saturated rings. The molecule has 0 aromatic heterocycles. The van der Waals surface area contributed by atoms with Crippen LogP contribution in [0.3, 0.4) is 0 Å². The summed E-state index contributed by atoms with van der Waals surface area (Å²) in [5, 5.41) is 16.8. The molecule has 1 rings (SSSR count). The zero-order valence-electron chi connectivity index (χ0n) is 9.70. The van der Waals surface area contributed by atoms with Gasteiger partial charge in [0.25, 0.3) is 6.48 Å². The van der Waals surface area contributed by atoms with Crippen LogP contribution >= 0.6 is 0 Å². The molecular formula is C11H15F3O3Si. The third-order valence-electron chi connectivity index (χ3n) is 2.45. The molecule has 1 aromatic rings. The van der Waals surface area contributed by atoms with Gasteiger partial charge < -0.3 is 14.6 Å². The quantitative estimate of drug-likeness (QED) is 0.342. The Labute approximate surface area is 105 Å². The second-order valence-electron chi connectivity index (χ2n) is 3.87. The Morgan fingerprint density at radius 2 is 1.72 bits per heavy atom. The number of aliphatic hydroxyl groups excluding tert-OH is 1. The summed E-state index contributed by atoms with van der Waals surface area (Å²) in [4.78, 5) is 0. The Balaban J connectivity index is 2.29. The van der Waals surface area contributed by atoms with E-state index in [0.717, 1.165) is 12.5 Å². The summed E-state index contributed by atoms with van der Waals surface area (Å²) in [7, 11) is -0.988. The predicted molar refractivity (Wildman–Crippen MR) is 61.9 cm³/mol. The van der Waals surface area contributed by atoms with E-state index in [-0.39, 0.29) is 5.56 Å². The van der Waals surface area contributed by atoms with E-state index in [9.17, 15) is 13.2 Å². The molecule has 0 unspecified atom stereocenters. The Kier molecular flexibility index (Phi) is 6.34. The molecule has 1 aromatic carbocycles. The summed E-state index contributed by atoms with van der Waals surface area (Å²) in [6.07, 6.45) is 1.65. The molecule has 18 heavy (non-hydrogen) atoms. The largest absolute Gasteiger partial charge is 0.379 e. The van der Waals surface area contributed by atoms with Crippen LogP contribution in [-0.4, -0.2) is 26.5 Å². The average Bonchev–Trinajstić information content (AvgIpc) is 2.29. The monoisotopic (exact) mass is 280 g/mol. The standard InChI is InChI=1S/C11H15F3O3Si/c12-8-6-10(14)9(13)5-7(8)3-1-2-4-18-17-11(15)16/h5-6,11,15-16H,1-4,18H2. The van der Waals surface area contributed by atoms with Gasteiger partial charge in [-0.05, 0) is 30.5 Å². The molecule has 0 heterocycles. The van der Waals surface area contributed by atoms with Crippen LogP contribution in [0.15, 0.2) is 12.1 Å². The van der Waals surface area contributed by atoms with Crippen molar-refractivity contribution in [3.63, 3.8) is 0 Å². The van der Waals surface area contributed by atoms with Crippen LogP contribution in [0.1, 0.15) is 18.4 Å². The van der Waals surface area contributed by atoms with E-state index >= 15 is 0 Å². The van der Waals surface area contributed by atoms with Crippen LogP contribution < -0.4 is 0 Å². The van der Waals surface area contributed by atoms with Crippen LogP contribution in [0.5, 0.6) is 0 Å². The van der Waals surface area contributed by atoms with Crippen molar-refractivity contribution in [2.75, 3.05) is 0 Å². The van der Waals surface area contributed by atoms with Gasteiger partial charge in [0.15, 0.2) is 21.4 Å². The molecule has 0 bridgehead atoms. The van der Waals surface area contributed by atoms with Crippen molar-refractivity contribution in [1.29, 1.82) is 0 Å². The summed E-state index contributed by atoms with van der Waals surface area (Å²) in [5.74, 6) is -2.98. The second kappa shape index (κ2) is 7.52. The van der Waals surface area contributed by atoms with E-state index < -0.39 is 33.7 Å². The maximum Gasteiger partial charge on any atom is 0.256 e. The summed E-state index contributed by atoms with van der Waals surface area (Å²) in [6.45, 7) is -1.72. The molecule has 2 N–H and O–H groups in total. The van der Waals surface area contributed by atoms with Gasteiger partial charge in [0.05, 0.1) is 0 Å². The van der Waals surface area contributed by atoms with Crippen molar-refractivity contribution in [3.8, 4) is 0 Å². The van der Waals surface area contributed by atoms with Crippen molar-refractivity contribution >= 4 is 9.76 Å². The molecular weight excluding hydrogens is 265 g/mol. The van der Waals surface area contributed by atoms with Gasteiger partial charge in [-0.15, -0.1) is 0 Å². The zero-order valence-corrected chi connectivity index (χ0v) is 11.1. The van der Waals surface area contributed by atoms with Crippen molar-refractivity contribution in [2.24, 2.45) is 0 Å². The first kappa shape index (κ1) is 15.2. The molecule has 7 heteroatoms. The van der Waals surface area contributed by atoms with Crippen molar-refractivity contribution in [2.45, 2.75) is 31.8 Å². The van der Waals surface area contributed by atoms with Crippen LogP contribution in [-0.2, 0) is 10.8 Å². The molecule has 3 nitrogen and oxygen atoms in total. The van der Waals surface area contributed by atoms with E-state index in [1.54, 1.807) is 0 Å². The fraction of sp³-hybridized carbons (Fsp3) is 0.455. The molecule has 0 amide bonds. The maximum absolute atomic E-state index is 13.2. The summed E-state index contributed by atoms with van der Waals surface area (Å²) in [5.41, 5.74) is 0.152. The molecule has 102 valence electrons. The molecule has 0 aliphatic rings. The number of rotatable bonds is 7. The number of hydrogen-bond donors (Lipinski definition) is 2. The minimum atomic E-state index is -1.72. The SMILES string of the molecule is OC(O)O[SiH2]CCCCc1cc(F)c(F)cc1F. The first-order chi connectivity index (χ1) is 8.50.